The molecule has 0 bridgehead atoms. The Morgan fingerprint density at radius 3 is 2.48 bits per heavy atom. The van der Waals surface area contributed by atoms with Gasteiger partial charge >= 0.3 is 6.09 Å². The third-order valence-corrected chi connectivity index (χ3v) is 5.72. The summed E-state index contributed by atoms with van der Waals surface area (Å²) in [7, 11) is 0. The average molecular weight is 574 g/mol. The number of nitrogens with one attached hydrogen (secondary N) is 1. The van der Waals surface area contributed by atoms with Gasteiger partial charge in [-0.15, -0.1) is 24.0 Å². The summed E-state index contributed by atoms with van der Waals surface area (Å²) in [5.41, 5.74) is -0.453. The fraction of sp³-hybridized carbons (Fsp3) is 0.739. The third kappa shape index (κ3) is 8.78. The Morgan fingerprint density at radius 2 is 1.85 bits per heavy atom. The minimum absolute atomic E-state index is 0. The lowest BCUT2D eigenvalue weighted by atomic mass is 9.95. The van der Waals surface area contributed by atoms with Gasteiger partial charge in [0.1, 0.15) is 5.60 Å². The van der Waals surface area contributed by atoms with Crippen LogP contribution in [0.1, 0.15) is 47.0 Å². The highest BCUT2D eigenvalue weighted by Crippen LogP contribution is 2.22. The minimum atomic E-state index is -0.453. The standard InChI is InChI=1S/C23H39N7O2.HI/c1-5-24-20(28-14-16-29(17-15-28)21-25-10-7-11-26-21)27-12-9-19-8-6-13-30(18-19)22(31)32-23(2,3)4;/h7,10-11,19H,5-6,8-9,12-18H2,1-4H3,(H,24,27);1H. The van der Waals surface area contributed by atoms with Crippen molar-refractivity contribution >= 4 is 42.0 Å². The smallest absolute Gasteiger partial charge is 0.410 e. The van der Waals surface area contributed by atoms with Crippen LogP contribution in [-0.2, 0) is 4.74 Å². The first kappa shape index (κ1) is 27.4. The molecule has 2 aliphatic heterocycles. The number of ether oxygens (including phenoxy) is 1. The lowest BCUT2D eigenvalue weighted by Crippen LogP contribution is -2.53. The number of carbonyl (C=O) groups excluding carboxylic acids is 1. The summed E-state index contributed by atoms with van der Waals surface area (Å²) in [5.74, 6) is 2.23. The molecule has 9 nitrogen and oxygen atoms in total. The van der Waals surface area contributed by atoms with Crippen molar-refractivity contribution in [2.24, 2.45) is 10.9 Å². The topological polar surface area (TPSA) is 86.2 Å². The SMILES string of the molecule is CCNC(=NCCC1CCCN(C(=O)OC(C)(C)C)C1)N1CCN(c2ncccn2)CC1.I. The number of nitrogens with zero attached hydrogens (tertiary/aromatic N) is 6. The molecule has 0 radical (unpaired) electrons. The number of hydrogen-bond donors (Lipinski definition) is 1. The van der Waals surface area contributed by atoms with Crippen molar-refractivity contribution in [3.63, 3.8) is 0 Å². The van der Waals surface area contributed by atoms with E-state index in [1.54, 1.807) is 12.4 Å². The molecule has 0 aromatic carbocycles. The van der Waals surface area contributed by atoms with E-state index in [1.165, 1.54) is 0 Å². The number of aliphatic imine (C=N–C) groups is 1. The predicted octanol–water partition coefficient (Wildman–Crippen LogP) is 3.22. The van der Waals surface area contributed by atoms with Crippen LogP contribution in [-0.4, -0.2) is 89.8 Å². The van der Waals surface area contributed by atoms with E-state index in [0.717, 1.165) is 83.5 Å². The average Bonchev–Trinajstić information content (AvgIpc) is 2.78. The van der Waals surface area contributed by atoms with Gasteiger partial charge in [-0.25, -0.2) is 14.8 Å². The van der Waals surface area contributed by atoms with Crippen molar-refractivity contribution in [3.05, 3.63) is 18.5 Å². The molecule has 3 heterocycles. The van der Waals surface area contributed by atoms with Gasteiger partial charge in [0, 0.05) is 64.8 Å². The van der Waals surface area contributed by atoms with Crippen LogP contribution in [0.25, 0.3) is 0 Å². The molecular weight excluding hydrogens is 533 g/mol. The van der Waals surface area contributed by atoms with Gasteiger partial charge < -0.3 is 24.8 Å². The van der Waals surface area contributed by atoms with Gasteiger partial charge in [-0.05, 0) is 58.9 Å². The molecule has 1 amide bonds. The van der Waals surface area contributed by atoms with Crippen molar-refractivity contribution in [1.29, 1.82) is 0 Å². The largest absolute Gasteiger partial charge is 0.444 e. The maximum absolute atomic E-state index is 12.4. The van der Waals surface area contributed by atoms with Crippen LogP contribution >= 0.6 is 24.0 Å². The van der Waals surface area contributed by atoms with Crippen molar-refractivity contribution in [1.82, 2.24) is 25.1 Å². The number of anilines is 1. The zero-order valence-corrected chi connectivity index (χ0v) is 22.8. The highest BCUT2D eigenvalue weighted by molar-refractivity contribution is 14.0. The summed E-state index contributed by atoms with van der Waals surface area (Å²) in [5, 5.41) is 3.44. The second kappa shape index (κ2) is 13.1. The van der Waals surface area contributed by atoms with E-state index >= 15 is 0 Å². The van der Waals surface area contributed by atoms with Crippen molar-refractivity contribution in [3.8, 4) is 0 Å². The number of amides is 1. The molecule has 2 aliphatic rings. The summed E-state index contributed by atoms with van der Waals surface area (Å²) in [6, 6.07) is 1.84. The second-order valence-electron chi connectivity index (χ2n) is 9.48. The number of carbonyl (C=O) groups is 1. The molecule has 1 atom stereocenters. The van der Waals surface area contributed by atoms with Crippen LogP contribution in [0.4, 0.5) is 10.7 Å². The van der Waals surface area contributed by atoms with E-state index in [0.29, 0.717) is 5.92 Å². The molecule has 3 rings (SSSR count). The molecule has 1 aromatic heterocycles. The monoisotopic (exact) mass is 573 g/mol. The summed E-state index contributed by atoms with van der Waals surface area (Å²) < 4.78 is 5.55. The van der Waals surface area contributed by atoms with Crippen LogP contribution in [0.5, 0.6) is 0 Å². The summed E-state index contributed by atoms with van der Waals surface area (Å²) in [4.78, 5) is 32.4. The normalized spacial score (nSPS) is 19.7. The number of halogens is 1. The Labute approximate surface area is 215 Å². The van der Waals surface area contributed by atoms with Crippen LogP contribution in [0.3, 0.4) is 0 Å². The summed E-state index contributed by atoms with van der Waals surface area (Å²) in [6.07, 6.45) is 6.52. The number of hydrogen-bond acceptors (Lipinski definition) is 6. The van der Waals surface area contributed by atoms with E-state index in [9.17, 15) is 4.79 Å². The number of likely N-dealkylation sites (tertiary alicyclic amines) is 1. The molecule has 0 spiro atoms. The molecular formula is C23H40IN7O2. The first-order valence-electron chi connectivity index (χ1n) is 11.9. The maximum atomic E-state index is 12.4. The third-order valence-electron chi connectivity index (χ3n) is 5.72. The Bertz CT molecular complexity index is 749. The van der Waals surface area contributed by atoms with Crippen LogP contribution in [0.2, 0.25) is 0 Å². The highest BCUT2D eigenvalue weighted by Gasteiger charge is 2.27. The first-order chi connectivity index (χ1) is 15.4. The molecule has 2 fully saturated rings. The van der Waals surface area contributed by atoms with Gasteiger partial charge in [0.15, 0.2) is 5.96 Å². The van der Waals surface area contributed by atoms with E-state index in [4.69, 9.17) is 9.73 Å². The fourth-order valence-corrected chi connectivity index (χ4v) is 4.14. The van der Waals surface area contributed by atoms with E-state index < -0.39 is 5.60 Å². The van der Waals surface area contributed by atoms with Gasteiger partial charge in [0.2, 0.25) is 5.95 Å². The Kier molecular flexibility index (Phi) is 10.9. The van der Waals surface area contributed by atoms with E-state index in [-0.39, 0.29) is 30.1 Å². The molecule has 0 aliphatic carbocycles. The summed E-state index contributed by atoms with van der Waals surface area (Å²) >= 11 is 0. The van der Waals surface area contributed by atoms with Crippen molar-refractivity contribution in [2.75, 3.05) is 57.3 Å². The zero-order chi connectivity index (χ0) is 23.0. The lowest BCUT2D eigenvalue weighted by Gasteiger charge is -2.36. The number of guanidine groups is 1. The Hall–Kier alpha value is -1.85. The fourth-order valence-electron chi connectivity index (χ4n) is 4.14. The zero-order valence-electron chi connectivity index (χ0n) is 20.5. The van der Waals surface area contributed by atoms with Crippen molar-refractivity contribution < 1.29 is 9.53 Å². The molecule has 33 heavy (non-hydrogen) atoms. The highest BCUT2D eigenvalue weighted by atomic mass is 127. The quantitative estimate of drug-likeness (QED) is 0.329. The molecule has 1 aromatic rings. The predicted molar refractivity (Wildman–Crippen MR) is 142 cm³/mol. The first-order valence-corrected chi connectivity index (χ1v) is 11.9. The van der Waals surface area contributed by atoms with Crippen LogP contribution in [0, 0.1) is 5.92 Å². The van der Waals surface area contributed by atoms with E-state index in [1.807, 2.05) is 31.7 Å². The van der Waals surface area contributed by atoms with Gasteiger partial charge in [0.25, 0.3) is 0 Å². The number of piperidine rings is 1. The Morgan fingerprint density at radius 1 is 1.15 bits per heavy atom. The maximum Gasteiger partial charge on any atom is 0.410 e. The molecule has 1 N–H and O–H groups in total. The lowest BCUT2D eigenvalue weighted by molar-refractivity contribution is 0.0163. The van der Waals surface area contributed by atoms with Crippen LogP contribution < -0.4 is 10.2 Å². The van der Waals surface area contributed by atoms with Crippen molar-refractivity contribution in [2.45, 2.75) is 52.6 Å². The van der Waals surface area contributed by atoms with E-state index in [2.05, 4.69) is 32.0 Å². The van der Waals surface area contributed by atoms with Gasteiger partial charge in [-0.1, -0.05) is 0 Å². The Balaban J connectivity index is 0.00000385. The summed E-state index contributed by atoms with van der Waals surface area (Å²) in [6.45, 7) is 14.5. The van der Waals surface area contributed by atoms with Gasteiger partial charge in [-0.3, -0.25) is 4.99 Å². The molecule has 2 saturated heterocycles. The van der Waals surface area contributed by atoms with Gasteiger partial charge in [0.05, 0.1) is 0 Å². The second-order valence-corrected chi connectivity index (χ2v) is 9.48. The number of rotatable bonds is 5. The van der Waals surface area contributed by atoms with Gasteiger partial charge in [-0.2, -0.15) is 0 Å². The number of piperazine rings is 1. The number of aromatic nitrogens is 2. The molecule has 10 heteroatoms. The molecule has 186 valence electrons. The minimum Gasteiger partial charge on any atom is -0.444 e. The van der Waals surface area contributed by atoms with Crippen LogP contribution in [0.15, 0.2) is 23.5 Å². The molecule has 1 unspecified atom stereocenters. The molecule has 0 saturated carbocycles.